The maximum absolute atomic E-state index is 12.4. The lowest BCUT2D eigenvalue weighted by Crippen LogP contribution is -2.47. The van der Waals surface area contributed by atoms with Crippen molar-refractivity contribution in [2.45, 2.75) is 45.6 Å². The topological polar surface area (TPSA) is 71.1 Å². The summed E-state index contributed by atoms with van der Waals surface area (Å²) in [5, 5.41) is 5.58. The van der Waals surface area contributed by atoms with Gasteiger partial charge in [-0.25, -0.2) is 4.98 Å². The summed E-state index contributed by atoms with van der Waals surface area (Å²) in [5.74, 6) is 0.409. The van der Waals surface area contributed by atoms with Crippen LogP contribution in [0.3, 0.4) is 0 Å². The van der Waals surface area contributed by atoms with Crippen LogP contribution in [0.15, 0.2) is 18.2 Å². The summed E-state index contributed by atoms with van der Waals surface area (Å²) in [7, 11) is 0. The van der Waals surface area contributed by atoms with Crippen molar-refractivity contribution in [1.82, 2.24) is 10.3 Å². The standard InChI is InChI=1S/C15H21N3O2/c1-10-6-5-9-13(16-10)18-15(20)14(17-11(2)19)12-7-3-4-8-12/h5-6,9,12,14H,3-4,7-8H2,1-2H3,(H,17,19)(H,16,18,20)/t14-/m0/s1. The van der Waals surface area contributed by atoms with Gasteiger partial charge in [0.1, 0.15) is 11.9 Å². The Bertz CT molecular complexity index is 496. The highest BCUT2D eigenvalue weighted by molar-refractivity contribution is 5.96. The lowest BCUT2D eigenvalue weighted by atomic mass is 9.97. The van der Waals surface area contributed by atoms with Crippen LogP contribution in [0.1, 0.15) is 38.3 Å². The van der Waals surface area contributed by atoms with E-state index in [9.17, 15) is 9.59 Å². The lowest BCUT2D eigenvalue weighted by molar-refractivity contribution is -0.126. The Morgan fingerprint density at radius 3 is 2.60 bits per heavy atom. The normalized spacial score (nSPS) is 16.7. The van der Waals surface area contributed by atoms with E-state index in [2.05, 4.69) is 15.6 Å². The number of aryl methyl sites for hydroxylation is 1. The SMILES string of the molecule is CC(=O)N[C@H](C(=O)Nc1cccc(C)n1)C1CCCC1. The number of hydrogen-bond donors (Lipinski definition) is 2. The molecule has 1 aromatic rings. The Kier molecular flexibility index (Phi) is 4.71. The van der Waals surface area contributed by atoms with E-state index < -0.39 is 6.04 Å². The van der Waals surface area contributed by atoms with Gasteiger partial charge < -0.3 is 10.6 Å². The Balaban J connectivity index is 2.07. The number of aromatic nitrogens is 1. The summed E-state index contributed by atoms with van der Waals surface area (Å²) in [6.45, 7) is 3.32. The van der Waals surface area contributed by atoms with Crippen molar-refractivity contribution in [3.63, 3.8) is 0 Å². The van der Waals surface area contributed by atoms with Crippen molar-refractivity contribution in [3.8, 4) is 0 Å². The zero-order chi connectivity index (χ0) is 14.5. The Morgan fingerprint density at radius 1 is 1.30 bits per heavy atom. The number of hydrogen-bond acceptors (Lipinski definition) is 3. The van der Waals surface area contributed by atoms with Crippen LogP contribution < -0.4 is 10.6 Å². The third-order valence-electron chi connectivity index (χ3n) is 3.65. The minimum atomic E-state index is -0.461. The molecule has 1 heterocycles. The molecule has 1 saturated carbocycles. The molecule has 2 N–H and O–H groups in total. The van der Waals surface area contributed by atoms with Crippen LogP contribution in [0.5, 0.6) is 0 Å². The van der Waals surface area contributed by atoms with Gasteiger partial charge in [-0.3, -0.25) is 9.59 Å². The second-order valence-electron chi connectivity index (χ2n) is 5.38. The van der Waals surface area contributed by atoms with Gasteiger partial charge in [-0.1, -0.05) is 18.9 Å². The van der Waals surface area contributed by atoms with E-state index in [0.29, 0.717) is 5.82 Å². The van der Waals surface area contributed by atoms with Gasteiger partial charge in [0.25, 0.3) is 0 Å². The molecule has 1 aliphatic carbocycles. The molecule has 2 rings (SSSR count). The van der Waals surface area contributed by atoms with Crippen LogP contribution >= 0.6 is 0 Å². The number of amides is 2. The van der Waals surface area contributed by atoms with E-state index in [1.54, 1.807) is 6.07 Å². The molecule has 1 fully saturated rings. The molecule has 0 unspecified atom stereocenters. The lowest BCUT2D eigenvalue weighted by Gasteiger charge is -2.23. The summed E-state index contributed by atoms with van der Waals surface area (Å²) in [6, 6.07) is 5.01. The molecule has 0 aliphatic heterocycles. The second kappa shape index (κ2) is 6.50. The molecule has 2 amide bonds. The van der Waals surface area contributed by atoms with Crippen LogP contribution in [-0.2, 0) is 9.59 Å². The first kappa shape index (κ1) is 14.5. The highest BCUT2D eigenvalue weighted by Gasteiger charge is 2.31. The number of anilines is 1. The van der Waals surface area contributed by atoms with Crippen molar-refractivity contribution in [1.29, 1.82) is 0 Å². The van der Waals surface area contributed by atoms with Crippen molar-refractivity contribution in [2.24, 2.45) is 5.92 Å². The minimum Gasteiger partial charge on any atom is -0.344 e. The first-order valence-electron chi connectivity index (χ1n) is 7.08. The molecule has 0 spiro atoms. The fourth-order valence-corrected chi connectivity index (χ4v) is 2.72. The first-order valence-corrected chi connectivity index (χ1v) is 7.08. The van der Waals surface area contributed by atoms with E-state index in [-0.39, 0.29) is 17.7 Å². The first-order chi connectivity index (χ1) is 9.56. The quantitative estimate of drug-likeness (QED) is 0.883. The van der Waals surface area contributed by atoms with Crippen molar-refractivity contribution in [3.05, 3.63) is 23.9 Å². The Labute approximate surface area is 119 Å². The van der Waals surface area contributed by atoms with Gasteiger partial charge in [0.15, 0.2) is 0 Å². The van der Waals surface area contributed by atoms with Crippen LogP contribution in [0.4, 0.5) is 5.82 Å². The molecule has 1 aromatic heterocycles. The molecule has 1 aliphatic rings. The van der Waals surface area contributed by atoms with Gasteiger partial charge in [0.05, 0.1) is 0 Å². The third-order valence-corrected chi connectivity index (χ3v) is 3.65. The number of pyridine rings is 1. The summed E-state index contributed by atoms with van der Waals surface area (Å²) in [4.78, 5) is 28.0. The maximum Gasteiger partial charge on any atom is 0.248 e. The second-order valence-corrected chi connectivity index (χ2v) is 5.38. The molecular formula is C15H21N3O2. The number of carbonyl (C=O) groups excluding carboxylic acids is 2. The monoisotopic (exact) mass is 275 g/mol. The fourth-order valence-electron chi connectivity index (χ4n) is 2.72. The molecular weight excluding hydrogens is 254 g/mol. The highest BCUT2D eigenvalue weighted by Crippen LogP contribution is 2.28. The highest BCUT2D eigenvalue weighted by atomic mass is 16.2. The molecule has 0 radical (unpaired) electrons. The number of nitrogens with one attached hydrogen (secondary N) is 2. The van der Waals surface area contributed by atoms with Gasteiger partial charge in [-0.05, 0) is 37.8 Å². The summed E-state index contributed by atoms with van der Waals surface area (Å²) in [6.07, 6.45) is 4.21. The van der Waals surface area contributed by atoms with Crippen LogP contribution in [0.25, 0.3) is 0 Å². The minimum absolute atomic E-state index is 0.172. The van der Waals surface area contributed by atoms with Gasteiger partial charge in [-0.15, -0.1) is 0 Å². The van der Waals surface area contributed by atoms with Crippen molar-refractivity contribution < 1.29 is 9.59 Å². The smallest absolute Gasteiger partial charge is 0.248 e. The van der Waals surface area contributed by atoms with Crippen LogP contribution in [-0.4, -0.2) is 22.8 Å². The number of nitrogens with zero attached hydrogens (tertiary/aromatic N) is 1. The van der Waals surface area contributed by atoms with Gasteiger partial charge in [0, 0.05) is 12.6 Å². The van der Waals surface area contributed by atoms with E-state index in [0.717, 1.165) is 31.4 Å². The third kappa shape index (κ3) is 3.79. The molecule has 5 heteroatoms. The average molecular weight is 275 g/mol. The molecule has 1 atom stereocenters. The van der Waals surface area contributed by atoms with E-state index in [1.807, 2.05) is 19.1 Å². The van der Waals surface area contributed by atoms with Gasteiger partial charge >= 0.3 is 0 Å². The molecule has 0 aromatic carbocycles. The Hall–Kier alpha value is -1.91. The predicted octanol–water partition coefficient (Wildman–Crippen LogP) is 2.02. The maximum atomic E-state index is 12.4. The average Bonchev–Trinajstić information content (AvgIpc) is 2.89. The van der Waals surface area contributed by atoms with E-state index in [1.165, 1.54) is 6.92 Å². The molecule has 0 bridgehead atoms. The largest absolute Gasteiger partial charge is 0.344 e. The summed E-state index contributed by atoms with van der Waals surface area (Å²) < 4.78 is 0. The van der Waals surface area contributed by atoms with Crippen molar-refractivity contribution >= 4 is 17.6 Å². The molecule has 20 heavy (non-hydrogen) atoms. The molecule has 108 valence electrons. The van der Waals surface area contributed by atoms with Gasteiger partial charge in [0.2, 0.25) is 11.8 Å². The van der Waals surface area contributed by atoms with E-state index in [4.69, 9.17) is 0 Å². The summed E-state index contributed by atoms with van der Waals surface area (Å²) in [5.41, 5.74) is 0.847. The zero-order valence-corrected chi connectivity index (χ0v) is 12.0. The van der Waals surface area contributed by atoms with Crippen LogP contribution in [0, 0.1) is 12.8 Å². The predicted molar refractivity (Wildman–Crippen MR) is 77.2 cm³/mol. The zero-order valence-electron chi connectivity index (χ0n) is 12.0. The Morgan fingerprint density at radius 2 is 2.00 bits per heavy atom. The number of rotatable bonds is 4. The van der Waals surface area contributed by atoms with Gasteiger partial charge in [-0.2, -0.15) is 0 Å². The fraction of sp³-hybridized carbons (Fsp3) is 0.533. The summed E-state index contributed by atoms with van der Waals surface area (Å²) >= 11 is 0. The molecule has 0 saturated heterocycles. The van der Waals surface area contributed by atoms with E-state index >= 15 is 0 Å². The molecule has 5 nitrogen and oxygen atoms in total. The van der Waals surface area contributed by atoms with Crippen molar-refractivity contribution in [2.75, 3.05) is 5.32 Å². The number of carbonyl (C=O) groups is 2. The van der Waals surface area contributed by atoms with Crippen LogP contribution in [0.2, 0.25) is 0 Å².